The van der Waals surface area contributed by atoms with E-state index in [-0.39, 0.29) is 11.4 Å². The van der Waals surface area contributed by atoms with Crippen LogP contribution in [0.15, 0.2) is 24.3 Å². The Morgan fingerprint density at radius 1 is 1.29 bits per heavy atom. The topological polar surface area (TPSA) is 41.1 Å². The second-order valence-corrected chi connectivity index (χ2v) is 6.14. The summed E-state index contributed by atoms with van der Waals surface area (Å²) >= 11 is 1.50. The minimum absolute atomic E-state index is 0.177. The molecule has 1 aromatic carbocycles. The molecular weight excluding hydrogens is 301 g/mol. The van der Waals surface area contributed by atoms with E-state index in [1.54, 1.807) is 0 Å². The normalized spacial score (nSPS) is 16.7. The van der Waals surface area contributed by atoms with Crippen LogP contribution in [0.5, 0.6) is 0 Å². The smallest absolute Gasteiger partial charge is 0.325 e. The maximum absolute atomic E-state index is 12.8. The van der Waals surface area contributed by atoms with Gasteiger partial charge in [0.1, 0.15) is 0 Å². The largest absolute Gasteiger partial charge is 0.418 e. The first-order valence-corrected chi connectivity index (χ1v) is 7.80. The van der Waals surface area contributed by atoms with Crippen molar-refractivity contribution in [3.05, 3.63) is 29.8 Å². The Morgan fingerprint density at radius 3 is 2.62 bits per heavy atom. The van der Waals surface area contributed by atoms with Crippen LogP contribution in [-0.2, 0) is 11.0 Å². The molecular formula is C14H17F3N2OS. The van der Waals surface area contributed by atoms with Gasteiger partial charge in [-0.15, -0.1) is 11.8 Å². The van der Waals surface area contributed by atoms with E-state index in [4.69, 9.17) is 0 Å². The number of anilines is 1. The standard InChI is InChI=1S/C14H17F3N2OS/c15-14(16,17)11-3-1-2-4-12(11)19-13(20)9-21-10-5-7-18-8-6-10/h1-4,10,18H,5-9H2,(H,19,20). The highest BCUT2D eigenvalue weighted by atomic mass is 32.2. The molecule has 0 saturated carbocycles. The third-order valence-electron chi connectivity index (χ3n) is 3.24. The Morgan fingerprint density at radius 2 is 1.95 bits per heavy atom. The summed E-state index contributed by atoms with van der Waals surface area (Å²) < 4.78 is 38.4. The van der Waals surface area contributed by atoms with E-state index in [0.717, 1.165) is 32.0 Å². The van der Waals surface area contributed by atoms with Crippen molar-refractivity contribution in [3.8, 4) is 0 Å². The summed E-state index contributed by atoms with van der Waals surface area (Å²) in [6.45, 7) is 1.85. The van der Waals surface area contributed by atoms with Gasteiger partial charge in [0, 0.05) is 5.25 Å². The van der Waals surface area contributed by atoms with Gasteiger partial charge >= 0.3 is 6.18 Å². The Balaban J connectivity index is 1.90. The van der Waals surface area contributed by atoms with Gasteiger partial charge in [-0.05, 0) is 38.1 Å². The van der Waals surface area contributed by atoms with Crippen molar-refractivity contribution in [2.75, 3.05) is 24.2 Å². The van der Waals surface area contributed by atoms with Crippen LogP contribution >= 0.6 is 11.8 Å². The summed E-state index contributed by atoms with van der Waals surface area (Å²) in [6, 6.07) is 5.03. The number of benzene rings is 1. The molecule has 0 bridgehead atoms. The molecule has 3 nitrogen and oxygen atoms in total. The Labute approximate surface area is 125 Å². The van der Waals surface area contributed by atoms with Gasteiger partial charge in [-0.2, -0.15) is 13.2 Å². The molecule has 0 aliphatic carbocycles. The first-order chi connectivity index (χ1) is 9.97. The molecule has 0 aromatic heterocycles. The average molecular weight is 318 g/mol. The van der Waals surface area contributed by atoms with E-state index in [0.29, 0.717) is 5.25 Å². The highest BCUT2D eigenvalue weighted by Gasteiger charge is 2.33. The van der Waals surface area contributed by atoms with Gasteiger partial charge < -0.3 is 10.6 Å². The number of piperidine rings is 1. The lowest BCUT2D eigenvalue weighted by atomic mass is 10.1. The maximum Gasteiger partial charge on any atom is 0.418 e. The first-order valence-electron chi connectivity index (χ1n) is 6.75. The summed E-state index contributed by atoms with van der Waals surface area (Å²) in [5.41, 5.74) is -0.994. The molecule has 1 aliphatic heterocycles. The number of thioether (sulfide) groups is 1. The van der Waals surface area contributed by atoms with Gasteiger partial charge in [-0.3, -0.25) is 4.79 Å². The summed E-state index contributed by atoms with van der Waals surface area (Å²) in [6.07, 6.45) is -2.50. The molecule has 1 heterocycles. The Bertz CT molecular complexity index is 487. The second kappa shape index (κ2) is 7.17. The number of amides is 1. The summed E-state index contributed by atoms with van der Waals surface area (Å²) in [5.74, 6) is -0.216. The predicted octanol–water partition coefficient (Wildman–Crippen LogP) is 3.13. The van der Waals surface area contributed by atoms with Crippen molar-refractivity contribution < 1.29 is 18.0 Å². The second-order valence-electron chi connectivity index (χ2n) is 4.85. The number of hydrogen-bond donors (Lipinski definition) is 2. The molecule has 116 valence electrons. The zero-order valence-corrected chi connectivity index (χ0v) is 12.2. The van der Waals surface area contributed by atoms with Gasteiger partial charge in [-0.25, -0.2) is 0 Å². The molecule has 1 aromatic rings. The van der Waals surface area contributed by atoms with E-state index in [1.807, 2.05) is 0 Å². The molecule has 0 radical (unpaired) electrons. The fraction of sp³-hybridized carbons (Fsp3) is 0.500. The number of carbonyl (C=O) groups excluding carboxylic acids is 1. The molecule has 1 fully saturated rings. The number of hydrogen-bond acceptors (Lipinski definition) is 3. The minimum atomic E-state index is -4.47. The fourth-order valence-electron chi connectivity index (χ4n) is 2.18. The quantitative estimate of drug-likeness (QED) is 0.896. The molecule has 7 heteroatoms. The molecule has 1 saturated heterocycles. The van der Waals surface area contributed by atoms with Crippen LogP contribution < -0.4 is 10.6 Å². The number of carbonyl (C=O) groups is 1. The van der Waals surface area contributed by atoms with E-state index in [1.165, 1.54) is 30.0 Å². The van der Waals surface area contributed by atoms with Crippen molar-refractivity contribution in [1.82, 2.24) is 5.32 Å². The fourth-order valence-corrected chi connectivity index (χ4v) is 3.21. The molecule has 1 aliphatic rings. The van der Waals surface area contributed by atoms with E-state index >= 15 is 0 Å². The highest BCUT2D eigenvalue weighted by Crippen LogP contribution is 2.34. The lowest BCUT2D eigenvalue weighted by molar-refractivity contribution is -0.137. The van der Waals surface area contributed by atoms with E-state index in [2.05, 4.69) is 10.6 Å². The van der Waals surface area contributed by atoms with Crippen LogP contribution in [0.25, 0.3) is 0 Å². The van der Waals surface area contributed by atoms with Gasteiger partial charge in [0.25, 0.3) is 0 Å². The zero-order valence-electron chi connectivity index (χ0n) is 11.4. The van der Waals surface area contributed by atoms with Gasteiger partial charge in [0.05, 0.1) is 17.0 Å². The van der Waals surface area contributed by atoms with Crippen LogP contribution in [0, 0.1) is 0 Å². The summed E-state index contributed by atoms with van der Waals surface area (Å²) in [7, 11) is 0. The Kier molecular flexibility index (Phi) is 5.52. The van der Waals surface area contributed by atoms with E-state index in [9.17, 15) is 18.0 Å². The van der Waals surface area contributed by atoms with Crippen molar-refractivity contribution >= 4 is 23.4 Å². The average Bonchev–Trinajstić information content (AvgIpc) is 2.46. The lowest BCUT2D eigenvalue weighted by Gasteiger charge is -2.21. The molecule has 0 unspecified atom stereocenters. The number of alkyl halides is 3. The monoisotopic (exact) mass is 318 g/mol. The van der Waals surface area contributed by atoms with Gasteiger partial charge in [0.2, 0.25) is 5.91 Å². The predicted molar refractivity (Wildman–Crippen MR) is 78.4 cm³/mol. The summed E-state index contributed by atoms with van der Waals surface area (Å²) in [4.78, 5) is 11.8. The van der Waals surface area contributed by atoms with Gasteiger partial charge in [0.15, 0.2) is 0 Å². The van der Waals surface area contributed by atoms with Crippen molar-refractivity contribution in [2.24, 2.45) is 0 Å². The van der Waals surface area contributed by atoms with Crippen LogP contribution in [0.4, 0.5) is 18.9 Å². The maximum atomic E-state index is 12.8. The Hall–Kier alpha value is -1.21. The minimum Gasteiger partial charge on any atom is -0.325 e. The molecule has 1 amide bonds. The van der Waals surface area contributed by atoms with Crippen molar-refractivity contribution in [1.29, 1.82) is 0 Å². The number of rotatable bonds is 4. The first kappa shape index (κ1) is 16.2. The molecule has 0 spiro atoms. The number of halogens is 3. The molecule has 2 N–H and O–H groups in total. The highest BCUT2D eigenvalue weighted by molar-refractivity contribution is 8.00. The van der Waals surface area contributed by atoms with Crippen LogP contribution in [0.1, 0.15) is 18.4 Å². The van der Waals surface area contributed by atoms with Gasteiger partial charge in [-0.1, -0.05) is 12.1 Å². The third-order valence-corrected chi connectivity index (χ3v) is 4.61. The SMILES string of the molecule is O=C(CSC1CCNCC1)Nc1ccccc1C(F)(F)F. The van der Waals surface area contributed by atoms with Crippen molar-refractivity contribution in [2.45, 2.75) is 24.3 Å². The summed E-state index contributed by atoms with van der Waals surface area (Å²) in [5, 5.41) is 5.99. The third kappa shape index (κ3) is 4.93. The number of para-hydroxylation sites is 1. The molecule has 0 atom stereocenters. The van der Waals surface area contributed by atoms with E-state index < -0.39 is 17.6 Å². The van der Waals surface area contributed by atoms with Crippen LogP contribution in [0.3, 0.4) is 0 Å². The van der Waals surface area contributed by atoms with Crippen molar-refractivity contribution in [3.63, 3.8) is 0 Å². The van der Waals surface area contributed by atoms with Crippen LogP contribution in [0.2, 0.25) is 0 Å². The molecule has 2 rings (SSSR count). The number of nitrogens with one attached hydrogen (secondary N) is 2. The zero-order chi connectivity index (χ0) is 15.3. The lowest BCUT2D eigenvalue weighted by Crippen LogP contribution is -2.30. The molecule has 21 heavy (non-hydrogen) atoms. The van der Waals surface area contributed by atoms with Crippen LogP contribution in [-0.4, -0.2) is 30.0 Å².